The van der Waals surface area contributed by atoms with Gasteiger partial charge in [-0.3, -0.25) is 0 Å². The molecule has 0 radical (unpaired) electrons. The molecule has 0 bridgehead atoms. The van der Waals surface area contributed by atoms with E-state index >= 15 is 0 Å². The third-order valence-corrected chi connectivity index (χ3v) is 6.80. The van der Waals surface area contributed by atoms with Crippen LogP contribution >= 0.6 is 11.8 Å². The number of rotatable bonds is 6. The molecule has 2 saturated carbocycles. The first-order chi connectivity index (χ1) is 10.3. The van der Waals surface area contributed by atoms with E-state index in [2.05, 4.69) is 28.9 Å². The lowest BCUT2D eigenvalue weighted by atomic mass is 9.55. The molecule has 3 nitrogen and oxygen atoms in total. The van der Waals surface area contributed by atoms with Crippen LogP contribution in [0.15, 0.2) is 0 Å². The number of hydrogen-bond acceptors (Lipinski definition) is 4. The molecule has 0 aromatic carbocycles. The first kappa shape index (κ1) is 16.1. The second-order valence-corrected chi connectivity index (χ2v) is 8.16. The van der Waals surface area contributed by atoms with Gasteiger partial charge in [0.1, 0.15) is 0 Å². The van der Waals surface area contributed by atoms with Crippen LogP contribution in [0.1, 0.15) is 45.4 Å². The molecule has 2 aliphatic carbocycles. The first-order valence-corrected chi connectivity index (χ1v) is 10.2. The normalized spacial score (nSPS) is 33.0. The van der Waals surface area contributed by atoms with Crippen molar-refractivity contribution in [3.8, 4) is 0 Å². The molecule has 1 saturated heterocycles. The standard InChI is InChI=1S/C17H32N2OS/c1-2-20-16-14-15(17(16)6-4-3-5-7-17)18-8-9-19-10-12-21-13-11-19/h15-16,18H,2-14H2,1H3. The number of ether oxygens (including phenoxy) is 1. The van der Waals surface area contributed by atoms with Gasteiger partial charge in [-0.2, -0.15) is 11.8 Å². The average molecular weight is 313 g/mol. The zero-order valence-corrected chi connectivity index (χ0v) is 14.4. The predicted molar refractivity (Wildman–Crippen MR) is 91.1 cm³/mol. The topological polar surface area (TPSA) is 24.5 Å². The average Bonchev–Trinajstić information content (AvgIpc) is 2.55. The Kier molecular flexibility index (Phi) is 5.88. The van der Waals surface area contributed by atoms with Crippen molar-refractivity contribution in [2.75, 3.05) is 44.3 Å². The number of nitrogens with zero attached hydrogens (tertiary/aromatic N) is 1. The third-order valence-electron chi connectivity index (χ3n) is 5.86. The van der Waals surface area contributed by atoms with Gasteiger partial charge in [0.15, 0.2) is 0 Å². The van der Waals surface area contributed by atoms with Gasteiger partial charge in [0.05, 0.1) is 6.10 Å². The summed E-state index contributed by atoms with van der Waals surface area (Å²) in [4.78, 5) is 2.62. The second kappa shape index (κ2) is 7.67. The highest BCUT2D eigenvalue weighted by molar-refractivity contribution is 7.99. The zero-order valence-electron chi connectivity index (χ0n) is 13.6. The number of thioether (sulfide) groups is 1. The van der Waals surface area contributed by atoms with E-state index in [9.17, 15) is 0 Å². The van der Waals surface area contributed by atoms with Gasteiger partial charge in [0.2, 0.25) is 0 Å². The molecule has 4 heteroatoms. The molecular weight excluding hydrogens is 280 g/mol. The van der Waals surface area contributed by atoms with E-state index in [1.54, 1.807) is 0 Å². The fraction of sp³-hybridized carbons (Fsp3) is 1.00. The Balaban J connectivity index is 1.45. The Morgan fingerprint density at radius 1 is 1.19 bits per heavy atom. The maximum atomic E-state index is 6.04. The van der Waals surface area contributed by atoms with Crippen LogP contribution in [0.3, 0.4) is 0 Å². The van der Waals surface area contributed by atoms with Crippen LogP contribution < -0.4 is 5.32 Å². The van der Waals surface area contributed by atoms with Crippen LogP contribution in [0.2, 0.25) is 0 Å². The van der Waals surface area contributed by atoms with Crippen molar-refractivity contribution in [3.05, 3.63) is 0 Å². The molecule has 1 heterocycles. The molecule has 1 N–H and O–H groups in total. The van der Waals surface area contributed by atoms with Crippen LogP contribution in [0, 0.1) is 5.41 Å². The summed E-state index contributed by atoms with van der Waals surface area (Å²) < 4.78 is 6.04. The van der Waals surface area contributed by atoms with Gasteiger partial charge in [-0.25, -0.2) is 0 Å². The van der Waals surface area contributed by atoms with Gasteiger partial charge in [-0.05, 0) is 26.2 Å². The summed E-state index contributed by atoms with van der Waals surface area (Å²) in [7, 11) is 0. The fourth-order valence-corrected chi connectivity index (χ4v) is 5.55. The quantitative estimate of drug-likeness (QED) is 0.815. The summed E-state index contributed by atoms with van der Waals surface area (Å²) in [6.45, 7) is 7.98. The van der Waals surface area contributed by atoms with E-state index in [1.165, 1.54) is 69.7 Å². The maximum absolute atomic E-state index is 6.04. The van der Waals surface area contributed by atoms with E-state index in [-0.39, 0.29) is 0 Å². The minimum atomic E-state index is 0.478. The fourth-order valence-electron chi connectivity index (χ4n) is 4.57. The van der Waals surface area contributed by atoms with Crippen molar-refractivity contribution in [2.24, 2.45) is 5.41 Å². The van der Waals surface area contributed by atoms with Gasteiger partial charge in [-0.15, -0.1) is 0 Å². The lowest BCUT2D eigenvalue weighted by Crippen LogP contribution is -2.65. The molecule has 0 amide bonds. The molecule has 21 heavy (non-hydrogen) atoms. The Morgan fingerprint density at radius 3 is 2.67 bits per heavy atom. The summed E-state index contributed by atoms with van der Waals surface area (Å²) >= 11 is 2.10. The molecule has 122 valence electrons. The van der Waals surface area contributed by atoms with Gasteiger partial charge in [0.25, 0.3) is 0 Å². The van der Waals surface area contributed by atoms with E-state index in [1.807, 2.05) is 0 Å². The highest BCUT2D eigenvalue weighted by atomic mass is 32.2. The molecule has 1 aliphatic heterocycles. The first-order valence-electron chi connectivity index (χ1n) is 9.00. The summed E-state index contributed by atoms with van der Waals surface area (Å²) in [5.74, 6) is 2.64. The minimum absolute atomic E-state index is 0.478. The molecule has 2 unspecified atom stereocenters. The lowest BCUT2D eigenvalue weighted by molar-refractivity contribution is -0.150. The van der Waals surface area contributed by atoms with Crippen LogP contribution in [-0.4, -0.2) is 61.3 Å². The number of nitrogens with one attached hydrogen (secondary N) is 1. The van der Waals surface area contributed by atoms with E-state index in [0.717, 1.165) is 13.2 Å². The smallest absolute Gasteiger partial charge is 0.0661 e. The Morgan fingerprint density at radius 2 is 1.95 bits per heavy atom. The second-order valence-electron chi connectivity index (χ2n) is 6.93. The van der Waals surface area contributed by atoms with Gasteiger partial charge in [-0.1, -0.05) is 19.3 Å². The van der Waals surface area contributed by atoms with Crippen molar-refractivity contribution in [3.63, 3.8) is 0 Å². The Hall–Kier alpha value is 0.230. The molecule has 2 atom stereocenters. The summed E-state index contributed by atoms with van der Waals surface area (Å²) in [5, 5.41) is 3.89. The van der Waals surface area contributed by atoms with Crippen LogP contribution in [0.5, 0.6) is 0 Å². The van der Waals surface area contributed by atoms with Gasteiger partial charge in [0, 0.05) is 55.7 Å². The van der Waals surface area contributed by atoms with Crippen LogP contribution in [0.4, 0.5) is 0 Å². The van der Waals surface area contributed by atoms with Crippen molar-refractivity contribution in [2.45, 2.75) is 57.6 Å². The van der Waals surface area contributed by atoms with Crippen molar-refractivity contribution < 1.29 is 4.74 Å². The largest absolute Gasteiger partial charge is 0.378 e. The van der Waals surface area contributed by atoms with Crippen LogP contribution in [-0.2, 0) is 4.74 Å². The third kappa shape index (κ3) is 3.60. The summed E-state index contributed by atoms with van der Waals surface area (Å²) in [6, 6.07) is 0.716. The van der Waals surface area contributed by atoms with Gasteiger partial charge < -0.3 is 15.0 Å². The van der Waals surface area contributed by atoms with E-state index in [4.69, 9.17) is 4.74 Å². The molecule has 0 aromatic rings. The van der Waals surface area contributed by atoms with E-state index < -0.39 is 0 Å². The molecule has 3 aliphatic rings. The van der Waals surface area contributed by atoms with Gasteiger partial charge >= 0.3 is 0 Å². The minimum Gasteiger partial charge on any atom is -0.378 e. The molecule has 1 spiro atoms. The maximum Gasteiger partial charge on any atom is 0.0661 e. The molecule has 3 rings (SSSR count). The molecule has 0 aromatic heterocycles. The van der Waals surface area contributed by atoms with E-state index in [0.29, 0.717) is 17.6 Å². The Bertz CT molecular complexity index is 314. The van der Waals surface area contributed by atoms with Crippen LogP contribution in [0.25, 0.3) is 0 Å². The van der Waals surface area contributed by atoms with Crippen molar-refractivity contribution in [1.29, 1.82) is 0 Å². The predicted octanol–water partition coefficient (Wildman–Crippen LogP) is 2.75. The molecule has 3 fully saturated rings. The lowest BCUT2D eigenvalue weighted by Gasteiger charge is -2.58. The summed E-state index contributed by atoms with van der Waals surface area (Å²) in [6.07, 6.45) is 8.79. The monoisotopic (exact) mass is 312 g/mol. The SMILES string of the molecule is CCOC1CC(NCCN2CCSCC2)C12CCCCC2. The van der Waals surface area contributed by atoms with Crippen molar-refractivity contribution >= 4 is 11.8 Å². The highest BCUT2D eigenvalue weighted by Crippen LogP contribution is 2.53. The molecular formula is C17H32N2OS. The van der Waals surface area contributed by atoms with Crippen molar-refractivity contribution in [1.82, 2.24) is 10.2 Å². The number of hydrogen-bond donors (Lipinski definition) is 1. The zero-order chi connectivity index (χ0) is 14.5. The summed E-state index contributed by atoms with van der Waals surface area (Å²) in [5.41, 5.74) is 0.478. The Labute approximate surface area is 134 Å². The highest BCUT2D eigenvalue weighted by Gasteiger charge is 2.55.